The van der Waals surface area contributed by atoms with Crippen LogP contribution in [0.4, 0.5) is 0 Å². The molecular weight excluding hydrogens is 1130 g/mol. The van der Waals surface area contributed by atoms with E-state index in [0.29, 0.717) is 17.4 Å². The van der Waals surface area contributed by atoms with Gasteiger partial charge in [-0.05, 0) is 12.8 Å². The molecule has 0 aliphatic rings. The van der Waals surface area contributed by atoms with Crippen molar-refractivity contribution in [2.75, 3.05) is 47.5 Å². The number of ether oxygens (including phenoxy) is 4. The van der Waals surface area contributed by atoms with Gasteiger partial charge in [-0.2, -0.15) is 0 Å². The summed E-state index contributed by atoms with van der Waals surface area (Å²) < 4.78 is 22.9. The second-order valence-electron chi connectivity index (χ2n) is 29.8. The number of unbranched alkanes of at least 4 members (excludes halogenated alkanes) is 64. The Morgan fingerprint density at radius 3 is 0.703 bits per heavy atom. The monoisotopic (exact) mass is 1290 g/mol. The van der Waals surface area contributed by atoms with Gasteiger partial charge in [-0.15, -0.1) is 0 Å². The summed E-state index contributed by atoms with van der Waals surface area (Å²) in [4.78, 5) is 37.6. The largest absolute Gasteiger partial charge is 0.545 e. The zero-order valence-corrected chi connectivity index (χ0v) is 62.3. The van der Waals surface area contributed by atoms with Gasteiger partial charge in [0, 0.05) is 12.8 Å². The third kappa shape index (κ3) is 75.5. The lowest BCUT2D eigenvalue weighted by Crippen LogP contribution is -2.44. The molecule has 91 heavy (non-hydrogen) atoms. The minimum atomic E-state index is -1.62. The molecule has 0 spiro atoms. The van der Waals surface area contributed by atoms with Crippen LogP contribution in [0.1, 0.15) is 450 Å². The lowest BCUT2D eigenvalue weighted by molar-refractivity contribution is -0.870. The Bertz CT molecular complexity index is 1450. The molecule has 0 N–H and O–H groups in total. The van der Waals surface area contributed by atoms with E-state index in [-0.39, 0.29) is 32.2 Å². The van der Waals surface area contributed by atoms with E-state index in [9.17, 15) is 19.5 Å². The van der Waals surface area contributed by atoms with Gasteiger partial charge in [-0.25, -0.2) is 0 Å². The van der Waals surface area contributed by atoms with Gasteiger partial charge in [-0.3, -0.25) is 9.59 Å². The number of likely N-dealkylation sites (N-methyl/N-ethyl adjacent to an activating group) is 1. The van der Waals surface area contributed by atoms with Gasteiger partial charge < -0.3 is 33.3 Å². The molecule has 0 aromatic carbocycles. The van der Waals surface area contributed by atoms with Crippen LogP contribution >= 0.6 is 0 Å². The number of aliphatic carboxylic acids is 1. The van der Waals surface area contributed by atoms with Gasteiger partial charge in [-0.1, -0.05) is 425 Å². The quantitative estimate of drug-likeness (QED) is 0.0256. The number of carboxylic acid groups (broad SMARTS) is 1. The highest BCUT2D eigenvalue weighted by molar-refractivity contribution is 5.70. The summed E-state index contributed by atoms with van der Waals surface area (Å²) in [6.45, 7) is 4.86. The van der Waals surface area contributed by atoms with Crippen LogP contribution in [-0.2, 0) is 33.3 Å². The Morgan fingerprint density at radius 2 is 0.495 bits per heavy atom. The van der Waals surface area contributed by atoms with Crippen molar-refractivity contribution in [1.29, 1.82) is 0 Å². The van der Waals surface area contributed by atoms with Crippen molar-refractivity contribution in [3.63, 3.8) is 0 Å². The van der Waals surface area contributed by atoms with E-state index in [1.54, 1.807) is 0 Å². The highest BCUT2D eigenvalue weighted by atomic mass is 16.7. The van der Waals surface area contributed by atoms with E-state index >= 15 is 0 Å². The molecule has 2 atom stereocenters. The minimum Gasteiger partial charge on any atom is -0.545 e. The standard InChI is InChI=1S/C82H161NO8/c1-6-8-10-12-14-16-18-20-22-24-26-28-30-32-34-36-38-39-40-41-43-45-47-49-51-53-55-57-59-61-63-65-67-69-71-73-80(85)91-78(77-90-82(81(86)87)88-75-74-83(3,4)5)76-89-79(84)72-70-68-66-64-62-60-58-56-54-52-50-48-46-44-42-37-35-33-31-29-27-25-23-21-19-17-15-13-11-9-7-2/h78,82H,6-77H2,1-5H3. The predicted octanol–water partition coefficient (Wildman–Crippen LogP) is 24.8. The highest BCUT2D eigenvalue weighted by Crippen LogP contribution is 2.21. The normalized spacial score (nSPS) is 12.5. The molecule has 0 aliphatic heterocycles. The van der Waals surface area contributed by atoms with Crippen molar-refractivity contribution in [2.24, 2.45) is 0 Å². The molecule has 0 saturated carbocycles. The molecule has 0 bridgehead atoms. The number of carbonyl (C=O) groups excluding carboxylic acids is 3. The minimum absolute atomic E-state index is 0.154. The molecule has 0 aromatic heterocycles. The van der Waals surface area contributed by atoms with Crippen LogP contribution in [0.3, 0.4) is 0 Å². The van der Waals surface area contributed by atoms with E-state index in [2.05, 4.69) is 13.8 Å². The first kappa shape index (κ1) is 89.3. The van der Waals surface area contributed by atoms with Crippen LogP contribution in [0.5, 0.6) is 0 Å². The molecule has 0 amide bonds. The molecule has 542 valence electrons. The van der Waals surface area contributed by atoms with E-state index in [1.165, 1.54) is 385 Å². The average molecular weight is 1290 g/mol. The molecule has 0 rings (SSSR count). The van der Waals surface area contributed by atoms with Gasteiger partial charge in [0.25, 0.3) is 0 Å². The topological polar surface area (TPSA) is 111 Å². The first-order chi connectivity index (χ1) is 44.6. The lowest BCUT2D eigenvalue weighted by Gasteiger charge is -2.26. The summed E-state index contributed by atoms with van der Waals surface area (Å²) in [5.41, 5.74) is 0. The van der Waals surface area contributed by atoms with Crippen LogP contribution in [0, 0.1) is 0 Å². The summed E-state index contributed by atoms with van der Waals surface area (Å²) in [7, 11) is 5.96. The number of quaternary nitrogens is 1. The third-order valence-electron chi connectivity index (χ3n) is 19.4. The Labute approximate surface area is 568 Å². The van der Waals surface area contributed by atoms with Gasteiger partial charge in [0.05, 0.1) is 40.3 Å². The van der Waals surface area contributed by atoms with Crippen molar-refractivity contribution >= 4 is 17.9 Å². The smallest absolute Gasteiger partial charge is 0.306 e. The summed E-state index contributed by atoms with van der Waals surface area (Å²) >= 11 is 0. The zero-order valence-electron chi connectivity index (χ0n) is 62.3. The zero-order chi connectivity index (χ0) is 66.1. The molecule has 9 nitrogen and oxygen atoms in total. The molecular formula is C82H161NO8. The lowest BCUT2D eigenvalue weighted by atomic mass is 10.0. The SMILES string of the molecule is CCCCCCCCCCCCCCCCCCCCCCCCCCCCCCCCCCCCCC(=O)OC(COC(=O)CCCCCCCCCCCCCCCCCCCCCCCCCCCCCCCCC)COC(OCC[N+](C)(C)C)C(=O)[O-]. The molecule has 9 heteroatoms. The van der Waals surface area contributed by atoms with E-state index in [4.69, 9.17) is 18.9 Å². The molecule has 0 fully saturated rings. The van der Waals surface area contributed by atoms with Crippen LogP contribution < -0.4 is 5.11 Å². The van der Waals surface area contributed by atoms with Gasteiger partial charge in [0.1, 0.15) is 13.2 Å². The third-order valence-corrected chi connectivity index (χ3v) is 19.4. The first-order valence-corrected chi connectivity index (χ1v) is 41.2. The summed E-state index contributed by atoms with van der Waals surface area (Å²) in [5.74, 6) is -2.24. The fourth-order valence-electron chi connectivity index (χ4n) is 13.1. The molecule has 0 saturated heterocycles. The van der Waals surface area contributed by atoms with Crippen molar-refractivity contribution in [1.82, 2.24) is 0 Å². The maximum absolute atomic E-state index is 13.0. The molecule has 0 aliphatic carbocycles. The van der Waals surface area contributed by atoms with Crippen molar-refractivity contribution in [3.8, 4) is 0 Å². The Balaban J connectivity index is 3.93. The van der Waals surface area contributed by atoms with Crippen LogP contribution in [0.15, 0.2) is 0 Å². The number of nitrogens with zero attached hydrogens (tertiary/aromatic N) is 1. The average Bonchev–Trinajstić information content (AvgIpc) is 3.46. The Hall–Kier alpha value is -1.71. The number of hydrogen-bond acceptors (Lipinski definition) is 8. The number of carbonyl (C=O) groups is 3. The molecule has 0 radical (unpaired) electrons. The van der Waals surface area contributed by atoms with Gasteiger partial charge >= 0.3 is 11.9 Å². The van der Waals surface area contributed by atoms with Crippen molar-refractivity contribution < 1.29 is 42.9 Å². The number of carboxylic acids is 1. The summed E-state index contributed by atoms with van der Waals surface area (Å²) in [6, 6.07) is 0. The fraction of sp³-hybridized carbons (Fsp3) is 0.963. The fourth-order valence-corrected chi connectivity index (χ4v) is 13.1. The van der Waals surface area contributed by atoms with Gasteiger partial charge in [0.15, 0.2) is 12.4 Å². The van der Waals surface area contributed by atoms with Crippen LogP contribution in [0.25, 0.3) is 0 Å². The second kappa shape index (κ2) is 74.1. The number of rotatable bonds is 79. The molecule has 2 unspecified atom stereocenters. The highest BCUT2D eigenvalue weighted by Gasteiger charge is 2.22. The number of hydrogen-bond donors (Lipinski definition) is 0. The maximum atomic E-state index is 13.0. The summed E-state index contributed by atoms with van der Waals surface area (Å²) in [6.07, 6.45) is 88.2. The first-order valence-electron chi connectivity index (χ1n) is 41.2. The Morgan fingerprint density at radius 1 is 0.286 bits per heavy atom. The van der Waals surface area contributed by atoms with Gasteiger partial charge in [0.2, 0.25) is 0 Å². The number of esters is 2. The second-order valence-corrected chi connectivity index (χ2v) is 29.8. The summed E-state index contributed by atoms with van der Waals surface area (Å²) in [5, 5.41) is 11.9. The van der Waals surface area contributed by atoms with Crippen LogP contribution in [-0.4, -0.2) is 82.3 Å². The van der Waals surface area contributed by atoms with E-state index in [0.717, 1.165) is 38.5 Å². The molecule has 0 heterocycles. The van der Waals surface area contributed by atoms with E-state index in [1.807, 2.05) is 21.1 Å². The van der Waals surface area contributed by atoms with Crippen molar-refractivity contribution in [3.05, 3.63) is 0 Å². The predicted molar refractivity (Wildman–Crippen MR) is 390 cm³/mol. The molecule has 0 aromatic rings. The maximum Gasteiger partial charge on any atom is 0.306 e. The van der Waals surface area contributed by atoms with E-state index < -0.39 is 24.3 Å². The van der Waals surface area contributed by atoms with Crippen LogP contribution in [0.2, 0.25) is 0 Å². The van der Waals surface area contributed by atoms with Crippen molar-refractivity contribution in [2.45, 2.75) is 463 Å². The Kier molecular flexibility index (Phi) is 72.7.